The lowest BCUT2D eigenvalue weighted by Gasteiger charge is -2.13. The molecule has 0 heterocycles. The first-order valence-electron chi connectivity index (χ1n) is 4.98. The zero-order valence-corrected chi connectivity index (χ0v) is 8.71. The molecule has 0 aromatic heterocycles. The smallest absolute Gasteiger partial charge is 0.122 e. The summed E-state index contributed by atoms with van der Waals surface area (Å²) in [6.07, 6.45) is 2.53. The molecule has 1 heteroatoms. The molecule has 0 atom stereocenters. The predicted octanol–water partition coefficient (Wildman–Crippen LogP) is 3.43. The summed E-state index contributed by atoms with van der Waals surface area (Å²) < 4.78 is 5.70. The van der Waals surface area contributed by atoms with E-state index in [0.717, 1.165) is 12.2 Å². The maximum Gasteiger partial charge on any atom is 0.122 e. The standard InChI is InChI=1S/C12H18O/c1-4-7-11-8-5-6-9-12(11)13-10(2)3/h5-6,8-10H,4,7H2,1-3H3. The zero-order chi connectivity index (χ0) is 9.68. The summed E-state index contributed by atoms with van der Waals surface area (Å²) in [6, 6.07) is 8.28. The minimum atomic E-state index is 0.262. The second-order valence-electron chi connectivity index (χ2n) is 3.52. The van der Waals surface area contributed by atoms with Crippen molar-refractivity contribution in [2.24, 2.45) is 0 Å². The van der Waals surface area contributed by atoms with E-state index >= 15 is 0 Å². The van der Waals surface area contributed by atoms with Gasteiger partial charge in [-0.25, -0.2) is 0 Å². The molecule has 0 bridgehead atoms. The first-order chi connectivity index (χ1) is 6.24. The van der Waals surface area contributed by atoms with Gasteiger partial charge in [0.05, 0.1) is 6.10 Å². The van der Waals surface area contributed by atoms with E-state index in [1.807, 2.05) is 12.1 Å². The summed E-state index contributed by atoms with van der Waals surface area (Å²) in [5.41, 5.74) is 1.32. The summed E-state index contributed by atoms with van der Waals surface area (Å²) in [5, 5.41) is 0. The Hall–Kier alpha value is -0.980. The van der Waals surface area contributed by atoms with Crippen LogP contribution in [0.25, 0.3) is 0 Å². The fourth-order valence-electron chi connectivity index (χ4n) is 1.35. The number of benzene rings is 1. The largest absolute Gasteiger partial charge is 0.491 e. The molecule has 0 radical (unpaired) electrons. The minimum absolute atomic E-state index is 0.262. The number of hydrogen-bond acceptors (Lipinski definition) is 1. The summed E-state index contributed by atoms with van der Waals surface area (Å²) in [4.78, 5) is 0. The molecule has 0 saturated heterocycles. The molecule has 1 aromatic rings. The van der Waals surface area contributed by atoms with Gasteiger partial charge in [0.15, 0.2) is 0 Å². The van der Waals surface area contributed by atoms with E-state index in [2.05, 4.69) is 32.9 Å². The molecule has 0 unspecified atom stereocenters. The molecular formula is C12H18O. The van der Waals surface area contributed by atoms with Gasteiger partial charge in [0.1, 0.15) is 5.75 Å². The maximum absolute atomic E-state index is 5.70. The fourth-order valence-corrected chi connectivity index (χ4v) is 1.35. The number of aryl methyl sites for hydroxylation is 1. The normalized spacial score (nSPS) is 10.5. The topological polar surface area (TPSA) is 9.23 Å². The van der Waals surface area contributed by atoms with E-state index in [9.17, 15) is 0 Å². The Morgan fingerprint density at radius 3 is 2.54 bits per heavy atom. The van der Waals surface area contributed by atoms with Crippen molar-refractivity contribution < 1.29 is 4.74 Å². The van der Waals surface area contributed by atoms with Crippen molar-refractivity contribution in [2.75, 3.05) is 0 Å². The van der Waals surface area contributed by atoms with Gasteiger partial charge in [0.25, 0.3) is 0 Å². The highest BCUT2D eigenvalue weighted by Crippen LogP contribution is 2.20. The Bertz CT molecular complexity index is 253. The van der Waals surface area contributed by atoms with Crippen LogP contribution in [0.15, 0.2) is 24.3 Å². The first-order valence-corrected chi connectivity index (χ1v) is 4.98. The second-order valence-corrected chi connectivity index (χ2v) is 3.52. The molecule has 72 valence electrons. The lowest BCUT2D eigenvalue weighted by atomic mass is 10.1. The molecule has 0 aliphatic carbocycles. The number of rotatable bonds is 4. The maximum atomic E-state index is 5.70. The van der Waals surface area contributed by atoms with E-state index in [1.54, 1.807) is 0 Å². The molecule has 1 aromatic carbocycles. The van der Waals surface area contributed by atoms with Gasteiger partial charge in [-0.3, -0.25) is 0 Å². The average Bonchev–Trinajstić information content (AvgIpc) is 2.08. The van der Waals surface area contributed by atoms with Crippen molar-refractivity contribution in [1.82, 2.24) is 0 Å². The summed E-state index contributed by atoms with van der Waals surface area (Å²) in [7, 11) is 0. The third-order valence-electron chi connectivity index (χ3n) is 1.85. The monoisotopic (exact) mass is 178 g/mol. The third kappa shape index (κ3) is 3.10. The van der Waals surface area contributed by atoms with Crippen molar-refractivity contribution in [3.8, 4) is 5.75 Å². The van der Waals surface area contributed by atoms with Crippen LogP contribution in [-0.2, 0) is 6.42 Å². The number of hydrogen-bond donors (Lipinski definition) is 0. The van der Waals surface area contributed by atoms with Crippen molar-refractivity contribution in [3.63, 3.8) is 0 Å². The molecule has 0 saturated carbocycles. The minimum Gasteiger partial charge on any atom is -0.491 e. The molecular weight excluding hydrogens is 160 g/mol. The van der Waals surface area contributed by atoms with Crippen molar-refractivity contribution in [3.05, 3.63) is 29.8 Å². The van der Waals surface area contributed by atoms with E-state index in [1.165, 1.54) is 12.0 Å². The second kappa shape index (κ2) is 4.90. The van der Waals surface area contributed by atoms with Crippen molar-refractivity contribution in [1.29, 1.82) is 0 Å². The lowest BCUT2D eigenvalue weighted by molar-refractivity contribution is 0.240. The van der Waals surface area contributed by atoms with Gasteiger partial charge in [0.2, 0.25) is 0 Å². The highest BCUT2D eigenvalue weighted by atomic mass is 16.5. The predicted molar refractivity (Wildman–Crippen MR) is 56.2 cm³/mol. The van der Waals surface area contributed by atoms with Gasteiger partial charge in [-0.1, -0.05) is 31.5 Å². The van der Waals surface area contributed by atoms with Gasteiger partial charge in [-0.2, -0.15) is 0 Å². The van der Waals surface area contributed by atoms with Gasteiger partial charge in [-0.05, 0) is 31.9 Å². The van der Waals surface area contributed by atoms with Crippen molar-refractivity contribution in [2.45, 2.75) is 39.7 Å². The molecule has 0 N–H and O–H groups in total. The summed E-state index contributed by atoms with van der Waals surface area (Å²) in [6.45, 7) is 6.30. The Labute approximate surface area is 80.7 Å². The van der Waals surface area contributed by atoms with Gasteiger partial charge in [-0.15, -0.1) is 0 Å². The molecule has 0 fully saturated rings. The molecule has 1 rings (SSSR count). The lowest BCUT2D eigenvalue weighted by Crippen LogP contribution is -2.07. The average molecular weight is 178 g/mol. The van der Waals surface area contributed by atoms with E-state index < -0.39 is 0 Å². The summed E-state index contributed by atoms with van der Waals surface area (Å²) >= 11 is 0. The number of para-hydroxylation sites is 1. The fraction of sp³-hybridized carbons (Fsp3) is 0.500. The van der Waals surface area contributed by atoms with Crippen LogP contribution in [0.5, 0.6) is 5.75 Å². The van der Waals surface area contributed by atoms with Crippen LogP contribution in [0.1, 0.15) is 32.8 Å². The van der Waals surface area contributed by atoms with E-state index in [-0.39, 0.29) is 6.10 Å². The van der Waals surface area contributed by atoms with E-state index in [4.69, 9.17) is 4.74 Å². The van der Waals surface area contributed by atoms with Crippen molar-refractivity contribution >= 4 is 0 Å². The molecule has 0 amide bonds. The Morgan fingerprint density at radius 1 is 1.23 bits per heavy atom. The Kier molecular flexibility index (Phi) is 3.81. The highest BCUT2D eigenvalue weighted by Gasteiger charge is 2.02. The van der Waals surface area contributed by atoms with Gasteiger partial charge < -0.3 is 4.74 Å². The van der Waals surface area contributed by atoms with Crippen LogP contribution in [-0.4, -0.2) is 6.10 Å². The Balaban J connectivity index is 2.78. The van der Waals surface area contributed by atoms with Crippen LogP contribution in [0.3, 0.4) is 0 Å². The van der Waals surface area contributed by atoms with Crippen LogP contribution < -0.4 is 4.74 Å². The molecule has 0 spiro atoms. The van der Waals surface area contributed by atoms with Gasteiger partial charge >= 0.3 is 0 Å². The quantitative estimate of drug-likeness (QED) is 0.686. The SMILES string of the molecule is CCCc1ccccc1OC(C)C. The Morgan fingerprint density at radius 2 is 1.92 bits per heavy atom. The van der Waals surface area contributed by atoms with Crippen LogP contribution in [0.2, 0.25) is 0 Å². The van der Waals surface area contributed by atoms with E-state index in [0.29, 0.717) is 0 Å². The van der Waals surface area contributed by atoms with Crippen LogP contribution in [0, 0.1) is 0 Å². The van der Waals surface area contributed by atoms with Gasteiger partial charge in [0, 0.05) is 0 Å². The number of ether oxygens (including phenoxy) is 1. The first kappa shape index (κ1) is 10.1. The summed E-state index contributed by atoms with van der Waals surface area (Å²) in [5.74, 6) is 1.04. The van der Waals surface area contributed by atoms with Crippen LogP contribution in [0.4, 0.5) is 0 Å². The molecule has 13 heavy (non-hydrogen) atoms. The molecule has 0 aliphatic rings. The zero-order valence-electron chi connectivity index (χ0n) is 8.71. The highest BCUT2D eigenvalue weighted by molar-refractivity contribution is 5.33. The van der Waals surface area contributed by atoms with Crippen LogP contribution >= 0.6 is 0 Å². The third-order valence-corrected chi connectivity index (χ3v) is 1.85. The molecule has 0 aliphatic heterocycles. The molecule has 1 nitrogen and oxygen atoms in total.